The normalized spacial score (nSPS) is 13.3. The van der Waals surface area contributed by atoms with E-state index in [1.165, 1.54) is 18.3 Å². The Morgan fingerprint density at radius 1 is 1.33 bits per heavy atom. The number of fused-ring (bicyclic) bond motifs is 1. The van der Waals surface area contributed by atoms with Gasteiger partial charge in [-0.15, -0.1) is 0 Å². The lowest BCUT2D eigenvalue weighted by Gasteiger charge is -2.15. The molecule has 2 rings (SSSR count). The van der Waals surface area contributed by atoms with Gasteiger partial charge < -0.3 is 9.67 Å². The van der Waals surface area contributed by atoms with Gasteiger partial charge in [0, 0.05) is 11.6 Å². The molecule has 0 bridgehead atoms. The molecule has 0 fully saturated rings. The highest BCUT2D eigenvalue weighted by atomic mass is 19.4. The summed E-state index contributed by atoms with van der Waals surface area (Å²) in [6.45, 7) is 1.58. The molecule has 0 aliphatic rings. The topological polar surface area (TPSA) is 59.3 Å². The van der Waals surface area contributed by atoms with Crippen molar-refractivity contribution in [1.29, 1.82) is 0 Å². The molecule has 1 aromatic heterocycles. The molecule has 7 heteroatoms. The van der Waals surface area contributed by atoms with Crippen LogP contribution in [0.15, 0.2) is 35.3 Å². The Balaban J connectivity index is 2.70. The molecule has 112 valence electrons. The average molecular weight is 299 g/mol. The fourth-order valence-corrected chi connectivity index (χ4v) is 2.17. The Hall–Kier alpha value is -2.31. The van der Waals surface area contributed by atoms with Crippen molar-refractivity contribution >= 4 is 16.7 Å². The SMILES string of the molecule is CC[C@@H](C(=O)O)n1ccc2ccc(C(F)(F)F)cc2c1=O. The fraction of sp³-hybridized carbons (Fsp3) is 0.286. The van der Waals surface area contributed by atoms with Crippen molar-refractivity contribution in [2.45, 2.75) is 25.6 Å². The molecule has 4 nitrogen and oxygen atoms in total. The van der Waals surface area contributed by atoms with Gasteiger partial charge in [0.15, 0.2) is 0 Å². The molecule has 21 heavy (non-hydrogen) atoms. The molecular weight excluding hydrogens is 287 g/mol. The van der Waals surface area contributed by atoms with Gasteiger partial charge in [-0.1, -0.05) is 13.0 Å². The first-order valence-corrected chi connectivity index (χ1v) is 6.20. The summed E-state index contributed by atoms with van der Waals surface area (Å²) in [5, 5.41) is 9.26. The van der Waals surface area contributed by atoms with Crippen LogP contribution in [0.4, 0.5) is 13.2 Å². The molecule has 1 heterocycles. The van der Waals surface area contributed by atoms with E-state index in [4.69, 9.17) is 5.11 Å². The summed E-state index contributed by atoms with van der Waals surface area (Å²) in [4.78, 5) is 23.4. The Labute approximate surface area is 117 Å². The summed E-state index contributed by atoms with van der Waals surface area (Å²) in [6, 6.07) is 3.17. The van der Waals surface area contributed by atoms with Crippen molar-refractivity contribution in [3.63, 3.8) is 0 Å². The van der Waals surface area contributed by atoms with Crippen LogP contribution in [-0.4, -0.2) is 15.6 Å². The number of alkyl halides is 3. The number of carboxylic acid groups (broad SMARTS) is 1. The molecule has 0 saturated carbocycles. The van der Waals surface area contributed by atoms with Gasteiger partial charge in [-0.25, -0.2) is 4.79 Å². The van der Waals surface area contributed by atoms with Crippen LogP contribution in [0, 0.1) is 0 Å². The van der Waals surface area contributed by atoms with Crippen LogP contribution in [0.1, 0.15) is 24.9 Å². The monoisotopic (exact) mass is 299 g/mol. The highest BCUT2D eigenvalue weighted by Gasteiger charge is 2.31. The predicted octanol–water partition coefficient (Wildman–Crippen LogP) is 3.06. The van der Waals surface area contributed by atoms with Gasteiger partial charge in [-0.2, -0.15) is 13.2 Å². The first-order chi connectivity index (χ1) is 9.75. The number of hydrogen-bond donors (Lipinski definition) is 1. The lowest BCUT2D eigenvalue weighted by Crippen LogP contribution is -2.29. The van der Waals surface area contributed by atoms with Crippen molar-refractivity contribution in [2.75, 3.05) is 0 Å². The minimum absolute atomic E-state index is 0.146. The first-order valence-electron chi connectivity index (χ1n) is 6.20. The van der Waals surface area contributed by atoms with E-state index in [0.29, 0.717) is 5.39 Å². The zero-order valence-electron chi connectivity index (χ0n) is 11.0. The molecular formula is C14H12F3NO3. The highest BCUT2D eigenvalue weighted by Crippen LogP contribution is 2.30. The highest BCUT2D eigenvalue weighted by molar-refractivity contribution is 5.82. The van der Waals surface area contributed by atoms with Crippen LogP contribution in [0.25, 0.3) is 10.8 Å². The zero-order valence-corrected chi connectivity index (χ0v) is 11.0. The van der Waals surface area contributed by atoms with E-state index in [2.05, 4.69) is 0 Å². The van der Waals surface area contributed by atoms with E-state index in [-0.39, 0.29) is 11.8 Å². The summed E-state index contributed by atoms with van der Waals surface area (Å²) < 4.78 is 39.0. The van der Waals surface area contributed by atoms with Gasteiger partial charge in [0.2, 0.25) is 0 Å². The molecule has 1 N–H and O–H groups in total. The van der Waals surface area contributed by atoms with Gasteiger partial charge >= 0.3 is 12.1 Å². The Kier molecular flexibility index (Phi) is 3.76. The fourth-order valence-electron chi connectivity index (χ4n) is 2.17. The molecule has 0 saturated heterocycles. The van der Waals surface area contributed by atoms with E-state index in [1.54, 1.807) is 6.92 Å². The van der Waals surface area contributed by atoms with E-state index >= 15 is 0 Å². The summed E-state index contributed by atoms with van der Waals surface area (Å²) in [5.74, 6) is -1.20. The number of aliphatic carboxylic acids is 1. The predicted molar refractivity (Wildman–Crippen MR) is 70.2 cm³/mol. The number of aromatic nitrogens is 1. The maximum Gasteiger partial charge on any atom is 0.416 e. The van der Waals surface area contributed by atoms with Crippen LogP contribution in [0.5, 0.6) is 0 Å². The number of benzene rings is 1. The summed E-state index contributed by atoms with van der Waals surface area (Å²) in [7, 11) is 0. The van der Waals surface area contributed by atoms with Gasteiger partial charge in [-0.3, -0.25) is 4.79 Å². The van der Waals surface area contributed by atoms with Crippen molar-refractivity contribution in [3.05, 3.63) is 46.4 Å². The second-order valence-corrected chi connectivity index (χ2v) is 4.59. The van der Waals surface area contributed by atoms with Crippen molar-refractivity contribution < 1.29 is 23.1 Å². The van der Waals surface area contributed by atoms with Crippen LogP contribution in [-0.2, 0) is 11.0 Å². The third-order valence-corrected chi connectivity index (χ3v) is 3.27. The molecule has 0 amide bonds. The van der Waals surface area contributed by atoms with Crippen LogP contribution >= 0.6 is 0 Å². The third kappa shape index (κ3) is 2.76. The lowest BCUT2D eigenvalue weighted by atomic mass is 10.1. The number of pyridine rings is 1. The van der Waals surface area contributed by atoms with Crippen molar-refractivity contribution in [2.24, 2.45) is 0 Å². The largest absolute Gasteiger partial charge is 0.480 e. The number of carboxylic acids is 1. The Bertz CT molecular complexity index is 749. The molecule has 0 aliphatic carbocycles. The van der Waals surface area contributed by atoms with Gasteiger partial charge in [0.25, 0.3) is 5.56 Å². The van der Waals surface area contributed by atoms with Crippen molar-refractivity contribution in [1.82, 2.24) is 4.57 Å². The van der Waals surface area contributed by atoms with Gasteiger partial charge in [0.1, 0.15) is 6.04 Å². The molecule has 0 radical (unpaired) electrons. The van der Waals surface area contributed by atoms with E-state index in [9.17, 15) is 22.8 Å². The van der Waals surface area contributed by atoms with Crippen molar-refractivity contribution in [3.8, 4) is 0 Å². The molecule has 0 aliphatic heterocycles. The standard InChI is InChI=1S/C14H12F3NO3/c1-2-11(13(20)21)18-6-5-8-3-4-9(14(15,16)17)7-10(8)12(18)19/h3-7,11H,2H2,1H3,(H,20,21)/t11-/m0/s1. The number of carbonyl (C=O) groups is 1. The number of rotatable bonds is 3. The summed E-state index contributed by atoms with van der Waals surface area (Å²) in [6.07, 6.45) is -3.11. The van der Waals surface area contributed by atoms with Crippen LogP contribution in [0.2, 0.25) is 0 Å². The quantitative estimate of drug-likeness (QED) is 0.947. The van der Waals surface area contributed by atoms with Crippen LogP contribution < -0.4 is 5.56 Å². The Morgan fingerprint density at radius 3 is 2.52 bits per heavy atom. The molecule has 0 spiro atoms. The first kappa shape index (κ1) is 15.1. The van der Waals surface area contributed by atoms with E-state index in [1.807, 2.05) is 0 Å². The number of nitrogens with zero attached hydrogens (tertiary/aromatic N) is 1. The van der Waals surface area contributed by atoms with Gasteiger partial charge in [0.05, 0.1) is 5.56 Å². The minimum Gasteiger partial charge on any atom is -0.480 e. The lowest BCUT2D eigenvalue weighted by molar-refractivity contribution is -0.141. The van der Waals surface area contributed by atoms with Crippen LogP contribution in [0.3, 0.4) is 0 Å². The maximum atomic E-state index is 12.7. The zero-order chi connectivity index (χ0) is 15.8. The third-order valence-electron chi connectivity index (χ3n) is 3.27. The van der Waals surface area contributed by atoms with E-state index in [0.717, 1.165) is 16.7 Å². The minimum atomic E-state index is -4.56. The molecule has 0 unspecified atom stereocenters. The molecule has 1 atom stereocenters. The smallest absolute Gasteiger partial charge is 0.416 e. The van der Waals surface area contributed by atoms with E-state index < -0.39 is 29.3 Å². The number of hydrogen-bond acceptors (Lipinski definition) is 2. The summed E-state index contributed by atoms with van der Waals surface area (Å²) >= 11 is 0. The number of halogens is 3. The second-order valence-electron chi connectivity index (χ2n) is 4.59. The van der Waals surface area contributed by atoms with Gasteiger partial charge in [-0.05, 0) is 30.0 Å². The summed E-state index contributed by atoms with van der Waals surface area (Å²) in [5.41, 5.74) is -1.68. The molecule has 1 aromatic carbocycles. The maximum absolute atomic E-state index is 12.7. The second kappa shape index (κ2) is 5.23. The Morgan fingerprint density at radius 2 is 2.00 bits per heavy atom. The molecule has 2 aromatic rings. The average Bonchev–Trinajstić information content (AvgIpc) is 2.40.